The smallest absolute Gasteiger partial charge is 0.243 e. The largest absolute Gasteiger partial charge is 0.375 e. The molecule has 0 spiro atoms. The van der Waals surface area contributed by atoms with Crippen molar-refractivity contribution in [1.29, 1.82) is 0 Å². The lowest BCUT2D eigenvalue weighted by molar-refractivity contribution is -0.0840. The first kappa shape index (κ1) is 15.9. The van der Waals surface area contributed by atoms with Crippen LogP contribution in [0.3, 0.4) is 0 Å². The number of aryl methyl sites for hydroxylation is 1. The zero-order valence-electron chi connectivity index (χ0n) is 12.8. The summed E-state index contributed by atoms with van der Waals surface area (Å²) in [4.78, 5) is 2.32. The van der Waals surface area contributed by atoms with Crippen molar-refractivity contribution in [3.05, 3.63) is 29.6 Å². The summed E-state index contributed by atoms with van der Waals surface area (Å²) >= 11 is 0. The van der Waals surface area contributed by atoms with Crippen LogP contribution in [0, 0.1) is 12.7 Å². The number of ether oxygens (including phenoxy) is 1. The molecule has 7 heteroatoms. The van der Waals surface area contributed by atoms with E-state index in [0.29, 0.717) is 31.7 Å². The van der Waals surface area contributed by atoms with Gasteiger partial charge in [0.2, 0.25) is 10.0 Å². The maximum Gasteiger partial charge on any atom is 0.243 e. The Bertz CT molecular complexity index is 665. The van der Waals surface area contributed by atoms with Gasteiger partial charge in [0.1, 0.15) is 5.82 Å². The van der Waals surface area contributed by atoms with E-state index in [-0.39, 0.29) is 17.0 Å². The highest BCUT2D eigenvalue weighted by Gasteiger charge is 2.39. The monoisotopic (exact) mass is 328 g/mol. The minimum absolute atomic E-state index is 0.0822. The van der Waals surface area contributed by atoms with Crippen LogP contribution >= 0.6 is 0 Å². The number of morpholine rings is 1. The second kappa shape index (κ2) is 5.88. The van der Waals surface area contributed by atoms with Crippen molar-refractivity contribution in [2.24, 2.45) is 0 Å². The lowest BCUT2D eigenvalue weighted by atomic mass is 10.0. The van der Waals surface area contributed by atoms with Crippen molar-refractivity contribution in [1.82, 2.24) is 9.21 Å². The molecule has 22 heavy (non-hydrogen) atoms. The number of fused-ring (bicyclic) bond motifs is 1. The van der Waals surface area contributed by atoms with Crippen LogP contribution in [-0.4, -0.2) is 63.1 Å². The molecule has 2 atom stereocenters. The molecule has 5 nitrogen and oxygen atoms in total. The third kappa shape index (κ3) is 2.78. The highest BCUT2D eigenvalue weighted by atomic mass is 32.2. The van der Waals surface area contributed by atoms with E-state index in [1.165, 1.54) is 22.5 Å². The molecule has 0 bridgehead atoms. The zero-order chi connectivity index (χ0) is 15.9. The van der Waals surface area contributed by atoms with Crippen LogP contribution in [0.2, 0.25) is 0 Å². The average Bonchev–Trinajstić information content (AvgIpc) is 2.50. The summed E-state index contributed by atoms with van der Waals surface area (Å²) in [5.74, 6) is -0.391. The van der Waals surface area contributed by atoms with Crippen molar-refractivity contribution >= 4 is 10.0 Å². The average molecular weight is 328 g/mol. The maximum absolute atomic E-state index is 13.4. The maximum atomic E-state index is 13.4. The molecule has 0 radical (unpaired) electrons. The minimum Gasteiger partial charge on any atom is -0.375 e. The van der Waals surface area contributed by atoms with Gasteiger partial charge in [-0.1, -0.05) is 0 Å². The van der Waals surface area contributed by atoms with Crippen molar-refractivity contribution in [2.75, 3.05) is 33.3 Å². The summed E-state index contributed by atoms with van der Waals surface area (Å²) in [5.41, 5.74) is 0.342. The molecule has 0 saturated carbocycles. The molecule has 122 valence electrons. The van der Waals surface area contributed by atoms with Crippen LogP contribution < -0.4 is 0 Å². The van der Waals surface area contributed by atoms with Gasteiger partial charge in [-0.3, -0.25) is 4.90 Å². The SMILES string of the molecule is Cc1cc(S(=O)(=O)N2CC[C@H]3OCCN(C)[C@H]3C2)ccc1F. The Morgan fingerprint density at radius 1 is 1.32 bits per heavy atom. The van der Waals surface area contributed by atoms with Crippen LogP contribution in [0.15, 0.2) is 23.1 Å². The van der Waals surface area contributed by atoms with Crippen LogP contribution in [0.1, 0.15) is 12.0 Å². The third-order valence-corrected chi connectivity index (χ3v) is 6.45. The van der Waals surface area contributed by atoms with Gasteiger partial charge in [-0.25, -0.2) is 12.8 Å². The first-order valence-corrected chi connectivity index (χ1v) is 8.92. The highest BCUT2D eigenvalue weighted by Crippen LogP contribution is 2.27. The zero-order valence-corrected chi connectivity index (χ0v) is 13.6. The molecule has 3 rings (SSSR count). The fourth-order valence-corrected chi connectivity index (χ4v) is 4.72. The van der Waals surface area contributed by atoms with Gasteiger partial charge in [-0.05, 0) is 44.2 Å². The van der Waals surface area contributed by atoms with Crippen LogP contribution in [0.5, 0.6) is 0 Å². The van der Waals surface area contributed by atoms with Gasteiger partial charge in [0.15, 0.2) is 0 Å². The molecule has 0 aliphatic carbocycles. The number of piperidine rings is 1. The van der Waals surface area contributed by atoms with E-state index in [4.69, 9.17) is 4.74 Å². The van der Waals surface area contributed by atoms with Crippen molar-refractivity contribution in [3.8, 4) is 0 Å². The fraction of sp³-hybridized carbons (Fsp3) is 0.600. The second-order valence-electron chi connectivity index (χ2n) is 6.02. The molecular weight excluding hydrogens is 307 g/mol. The van der Waals surface area contributed by atoms with Gasteiger partial charge in [0.05, 0.1) is 17.6 Å². The summed E-state index contributed by atoms with van der Waals surface area (Å²) < 4.78 is 46.2. The van der Waals surface area contributed by atoms with E-state index >= 15 is 0 Å². The van der Waals surface area contributed by atoms with Crippen molar-refractivity contribution in [3.63, 3.8) is 0 Å². The number of benzene rings is 1. The van der Waals surface area contributed by atoms with E-state index in [1.54, 1.807) is 6.92 Å². The Morgan fingerprint density at radius 2 is 2.09 bits per heavy atom. The van der Waals surface area contributed by atoms with E-state index in [2.05, 4.69) is 4.90 Å². The molecule has 0 aromatic heterocycles. The number of hydrogen-bond donors (Lipinski definition) is 0. The number of sulfonamides is 1. The fourth-order valence-electron chi connectivity index (χ4n) is 3.16. The Kier molecular flexibility index (Phi) is 4.24. The van der Waals surface area contributed by atoms with Crippen molar-refractivity contribution < 1.29 is 17.5 Å². The lowest BCUT2D eigenvalue weighted by Gasteiger charge is -2.45. The van der Waals surface area contributed by atoms with Gasteiger partial charge >= 0.3 is 0 Å². The molecule has 2 saturated heterocycles. The number of rotatable bonds is 2. The summed E-state index contributed by atoms with van der Waals surface area (Å²) in [6.45, 7) is 3.93. The summed E-state index contributed by atoms with van der Waals surface area (Å²) in [6, 6.07) is 4.03. The second-order valence-corrected chi connectivity index (χ2v) is 7.96. The molecule has 2 aliphatic heterocycles. The predicted octanol–water partition coefficient (Wildman–Crippen LogP) is 1.23. The van der Waals surface area contributed by atoms with Gasteiger partial charge in [0.25, 0.3) is 0 Å². The van der Waals surface area contributed by atoms with Gasteiger partial charge < -0.3 is 4.74 Å². The van der Waals surface area contributed by atoms with Crippen molar-refractivity contribution in [2.45, 2.75) is 30.4 Å². The molecular formula is C15H21FN2O3S. The Balaban J connectivity index is 1.84. The van der Waals surface area contributed by atoms with E-state index < -0.39 is 15.8 Å². The first-order valence-electron chi connectivity index (χ1n) is 7.48. The first-order chi connectivity index (χ1) is 10.4. The van der Waals surface area contributed by atoms with Gasteiger partial charge in [0, 0.05) is 25.7 Å². The summed E-state index contributed by atoms with van der Waals surface area (Å²) in [7, 11) is -1.59. The van der Waals surface area contributed by atoms with Gasteiger partial charge in [-0.15, -0.1) is 0 Å². The summed E-state index contributed by atoms with van der Waals surface area (Å²) in [5, 5.41) is 0. The quantitative estimate of drug-likeness (QED) is 0.819. The molecule has 2 fully saturated rings. The number of hydrogen-bond acceptors (Lipinski definition) is 4. The molecule has 2 heterocycles. The van der Waals surface area contributed by atoms with Crippen LogP contribution in [0.25, 0.3) is 0 Å². The topological polar surface area (TPSA) is 49.9 Å². The minimum atomic E-state index is -3.59. The van der Waals surface area contributed by atoms with E-state index in [0.717, 1.165) is 6.54 Å². The predicted molar refractivity (Wildman–Crippen MR) is 80.7 cm³/mol. The number of likely N-dealkylation sites (N-methyl/N-ethyl adjacent to an activating group) is 1. The lowest BCUT2D eigenvalue weighted by Crippen LogP contribution is -2.59. The third-order valence-electron chi connectivity index (χ3n) is 4.59. The summed E-state index contributed by atoms with van der Waals surface area (Å²) in [6.07, 6.45) is 0.786. The van der Waals surface area contributed by atoms with Crippen LogP contribution in [-0.2, 0) is 14.8 Å². The number of nitrogens with zero attached hydrogens (tertiary/aromatic N) is 2. The van der Waals surface area contributed by atoms with Gasteiger partial charge in [-0.2, -0.15) is 4.31 Å². The van der Waals surface area contributed by atoms with E-state index in [1.807, 2.05) is 7.05 Å². The normalized spacial score (nSPS) is 27.6. The molecule has 1 aromatic rings. The molecule has 0 N–H and O–H groups in total. The highest BCUT2D eigenvalue weighted by molar-refractivity contribution is 7.89. The molecule has 2 aliphatic rings. The Morgan fingerprint density at radius 3 is 2.82 bits per heavy atom. The molecule has 1 aromatic carbocycles. The molecule has 0 unspecified atom stereocenters. The molecule has 0 amide bonds. The number of halogens is 1. The standard InChI is InChI=1S/C15H21FN2O3S/c1-11-9-12(3-4-13(11)16)22(19,20)18-6-5-15-14(10-18)17(2)7-8-21-15/h3-4,9,14-15H,5-8,10H2,1-2H3/t14-,15+/m0/s1. The Labute approximate surface area is 130 Å². The van der Waals surface area contributed by atoms with Crippen LogP contribution in [0.4, 0.5) is 4.39 Å². The van der Waals surface area contributed by atoms with E-state index in [9.17, 15) is 12.8 Å². The Hall–Kier alpha value is -1.02.